The van der Waals surface area contributed by atoms with Crippen LogP contribution in [0, 0.1) is 0 Å². The molecule has 0 saturated carbocycles. The summed E-state index contributed by atoms with van der Waals surface area (Å²) in [6.45, 7) is 5.79. The first-order chi connectivity index (χ1) is 12.1. The van der Waals surface area contributed by atoms with Gasteiger partial charge in [-0.2, -0.15) is 0 Å². The number of hydrogen-bond donors (Lipinski definition) is 1. The fraction of sp³-hybridized carbons (Fsp3) is 0.500. The van der Waals surface area contributed by atoms with Crippen molar-refractivity contribution in [1.29, 1.82) is 0 Å². The van der Waals surface area contributed by atoms with Crippen LogP contribution < -0.4 is 10.1 Å². The van der Waals surface area contributed by atoms with E-state index in [0.29, 0.717) is 24.5 Å². The van der Waals surface area contributed by atoms with E-state index in [1.165, 1.54) is 0 Å². The van der Waals surface area contributed by atoms with Crippen LogP contribution in [-0.4, -0.2) is 34.4 Å². The molecular weight excluding hydrogens is 320 g/mol. The third kappa shape index (κ3) is 3.66. The van der Waals surface area contributed by atoms with E-state index in [0.717, 1.165) is 36.6 Å². The molecule has 3 rings (SSSR count). The monoisotopic (exact) mass is 344 g/mol. The predicted molar refractivity (Wildman–Crippen MR) is 92.5 cm³/mol. The summed E-state index contributed by atoms with van der Waals surface area (Å²) in [5, 5.41) is 11.4. The SMILES string of the molecule is CCOCc1cc(C(=O)N[C@@H](C)c2nnc3n2CCC3)ccc1OC. The van der Waals surface area contributed by atoms with Crippen LogP contribution in [0.25, 0.3) is 0 Å². The standard InChI is InChI=1S/C18H24N4O3/c1-4-25-11-14-10-13(7-8-15(14)24-3)18(23)19-12(2)17-21-20-16-6-5-9-22(16)17/h7-8,10,12H,4-6,9,11H2,1-3H3,(H,19,23)/t12-/m0/s1. The highest BCUT2D eigenvalue weighted by atomic mass is 16.5. The maximum Gasteiger partial charge on any atom is 0.251 e. The normalized spacial score (nSPS) is 14.2. The van der Waals surface area contributed by atoms with Crippen molar-refractivity contribution in [2.45, 2.75) is 45.9 Å². The second kappa shape index (κ2) is 7.65. The van der Waals surface area contributed by atoms with Gasteiger partial charge in [0.2, 0.25) is 0 Å². The molecule has 1 N–H and O–H groups in total. The van der Waals surface area contributed by atoms with E-state index in [1.807, 2.05) is 19.9 Å². The molecule has 0 fully saturated rings. The average Bonchev–Trinajstić information content (AvgIpc) is 3.22. The topological polar surface area (TPSA) is 78.3 Å². The van der Waals surface area contributed by atoms with Gasteiger partial charge in [-0.05, 0) is 38.5 Å². The Balaban J connectivity index is 1.74. The second-order valence-corrected chi connectivity index (χ2v) is 6.09. The van der Waals surface area contributed by atoms with Crippen molar-refractivity contribution in [2.75, 3.05) is 13.7 Å². The first-order valence-electron chi connectivity index (χ1n) is 8.61. The zero-order chi connectivity index (χ0) is 17.8. The van der Waals surface area contributed by atoms with Gasteiger partial charge >= 0.3 is 0 Å². The minimum absolute atomic E-state index is 0.150. The number of hydrogen-bond acceptors (Lipinski definition) is 5. The number of rotatable bonds is 7. The number of nitrogens with one attached hydrogen (secondary N) is 1. The van der Waals surface area contributed by atoms with Crippen LogP contribution >= 0.6 is 0 Å². The summed E-state index contributed by atoms with van der Waals surface area (Å²) in [6.07, 6.45) is 2.03. The van der Waals surface area contributed by atoms with Crippen molar-refractivity contribution in [1.82, 2.24) is 20.1 Å². The fourth-order valence-corrected chi connectivity index (χ4v) is 3.08. The Hall–Kier alpha value is -2.41. The molecule has 1 amide bonds. The summed E-state index contributed by atoms with van der Waals surface area (Å²) in [6, 6.07) is 5.15. The van der Waals surface area contributed by atoms with E-state index in [1.54, 1.807) is 19.2 Å². The summed E-state index contributed by atoms with van der Waals surface area (Å²) in [5.74, 6) is 2.38. The van der Waals surface area contributed by atoms with Crippen molar-refractivity contribution < 1.29 is 14.3 Å². The van der Waals surface area contributed by atoms with E-state index in [2.05, 4.69) is 20.1 Å². The molecule has 0 aliphatic carbocycles. The molecule has 7 nitrogen and oxygen atoms in total. The second-order valence-electron chi connectivity index (χ2n) is 6.09. The summed E-state index contributed by atoms with van der Waals surface area (Å²) >= 11 is 0. The number of aromatic nitrogens is 3. The Morgan fingerprint density at radius 1 is 1.40 bits per heavy atom. The summed E-state index contributed by atoms with van der Waals surface area (Å²) < 4.78 is 12.9. The Kier molecular flexibility index (Phi) is 5.33. The van der Waals surface area contributed by atoms with Crippen molar-refractivity contribution in [3.63, 3.8) is 0 Å². The first-order valence-corrected chi connectivity index (χ1v) is 8.61. The van der Waals surface area contributed by atoms with Crippen LogP contribution in [0.1, 0.15) is 53.9 Å². The minimum atomic E-state index is -0.204. The lowest BCUT2D eigenvalue weighted by molar-refractivity contribution is 0.0937. The van der Waals surface area contributed by atoms with Crippen LogP contribution in [0.2, 0.25) is 0 Å². The molecule has 1 aliphatic rings. The van der Waals surface area contributed by atoms with E-state index < -0.39 is 0 Å². The minimum Gasteiger partial charge on any atom is -0.496 e. The number of carbonyl (C=O) groups is 1. The summed E-state index contributed by atoms with van der Waals surface area (Å²) in [7, 11) is 1.61. The van der Waals surface area contributed by atoms with E-state index in [9.17, 15) is 4.79 Å². The molecule has 0 spiro atoms. The molecule has 1 aromatic carbocycles. The van der Waals surface area contributed by atoms with Gasteiger partial charge in [-0.3, -0.25) is 4.79 Å². The number of carbonyl (C=O) groups excluding carboxylic acids is 1. The maximum absolute atomic E-state index is 12.6. The largest absolute Gasteiger partial charge is 0.496 e. The lowest BCUT2D eigenvalue weighted by atomic mass is 10.1. The molecule has 1 atom stereocenters. The van der Waals surface area contributed by atoms with E-state index in [-0.39, 0.29) is 11.9 Å². The maximum atomic E-state index is 12.6. The number of nitrogens with zero attached hydrogens (tertiary/aromatic N) is 3. The van der Waals surface area contributed by atoms with Crippen LogP contribution in [0.3, 0.4) is 0 Å². The van der Waals surface area contributed by atoms with Gasteiger partial charge in [0.05, 0.1) is 19.8 Å². The zero-order valence-electron chi connectivity index (χ0n) is 14.9. The third-order valence-electron chi connectivity index (χ3n) is 4.38. The number of amides is 1. The van der Waals surface area contributed by atoms with Crippen molar-refractivity contribution in [3.8, 4) is 5.75 Å². The van der Waals surface area contributed by atoms with Gasteiger partial charge in [0, 0.05) is 30.7 Å². The predicted octanol–water partition coefficient (Wildman–Crippen LogP) is 2.26. The van der Waals surface area contributed by atoms with Gasteiger partial charge < -0.3 is 19.4 Å². The van der Waals surface area contributed by atoms with Gasteiger partial charge in [-0.25, -0.2) is 0 Å². The van der Waals surface area contributed by atoms with Crippen LogP contribution in [0.5, 0.6) is 5.75 Å². The smallest absolute Gasteiger partial charge is 0.251 e. The van der Waals surface area contributed by atoms with E-state index in [4.69, 9.17) is 9.47 Å². The van der Waals surface area contributed by atoms with Crippen LogP contribution in [0.4, 0.5) is 0 Å². The Morgan fingerprint density at radius 3 is 3.00 bits per heavy atom. The van der Waals surface area contributed by atoms with Crippen LogP contribution in [-0.2, 0) is 24.3 Å². The summed E-state index contributed by atoms with van der Waals surface area (Å²) in [5.41, 5.74) is 1.43. The van der Waals surface area contributed by atoms with Crippen LogP contribution in [0.15, 0.2) is 18.2 Å². The molecule has 2 heterocycles. The number of ether oxygens (including phenoxy) is 2. The number of fused-ring (bicyclic) bond motifs is 1. The molecule has 2 aromatic rings. The lowest BCUT2D eigenvalue weighted by Gasteiger charge is -2.15. The third-order valence-corrected chi connectivity index (χ3v) is 4.38. The number of benzene rings is 1. The van der Waals surface area contributed by atoms with Gasteiger partial charge in [-0.1, -0.05) is 0 Å². The van der Waals surface area contributed by atoms with Crippen molar-refractivity contribution >= 4 is 5.91 Å². The van der Waals surface area contributed by atoms with Crippen molar-refractivity contribution in [3.05, 3.63) is 41.0 Å². The molecule has 0 radical (unpaired) electrons. The molecule has 0 bridgehead atoms. The molecular formula is C18H24N4O3. The molecule has 7 heteroatoms. The molecule has 0 saturated heterocycles. The van der Waals surface area contributed by atoms with Gasteiger partial charge in [0.25, 0.3) is 5.91 Å². The quantitative estimate of drug-likeness (QED) is 0.833. The van der Waals surface area contributed by atoms with Gasteiger partial charge in [0.15, 0.2) is 5.82 Å². The highest BCUT2D eigenvalue weighted by Crippen LogP contribution is 2.22. The molecule has 1 aliphatic heterocycles. The lowest BCUT2D eigenvalue weighted by Crippen LogP contribution is -2.28. The van der Waals surface area contributed by atoms with Gasteiger partial charge in [0.1, 0.15) is 11.6 Å². The Bertz CT molecular complexity index is 757. The highest BCUT2D eigenvalue weighted by Gasteiger charge is 2.23. The Labute approximate surface area is 147 Å². The van der Waals surface area contributed by atoms with E-state index >= 15 is 0 Å². The molecule has 1 aromatic heterocycles. The number of methoxy groups -OCH3 is 1. The number of aryl methyl sites for hydroxylation is 1. The molecule has 25 heavy (non-hydrogen) atoms. The summed E-state index contributed by atoms with van der Waals surface area (Å²) in [4.78, 5) is 12.6. The molecule has 0 unspecified atom stereocenters. The fourth-order valence-electron chi connectivity index (χ4n) is 3.08. The Morgan fingerprint density at radius 2 is 2.24 bits per heavy atom. The molecule has 134 valence electrons. The highest BCUT2D eigenvalue weighted by molar-refractivity contribution is 5.94. The average molecular weight is 344 g/mol. The van der Waals surface area contributed by atoms with Gasteiger partial charge in [-0.15, -0.1) is 10.2 Å². The zero-order valence-corrected chi connectivity index (χ0v) is 14.9. The van der Waals surface area contributed by atoms with Crippen molar-refractivity contribution in [2.24, 2.45) is 0 Å². The first kappa shape index (κ1) is 17.4.